The number of halogens is 1. The van der Waals surface area contributed by atoms with Gasteiger partial charge in [-0.25, -0.2) is 9.18 Å². The van der Waals surface area contributed by atoms with Crippen molar-refractivity contribution in [2.75, 3.05) is 31.8 Å². The number of esters is 1. The van der Waals surface area contributed by atoms with Crippen molar-refractivity contribution in [1.29, 1.82) is 0 Å². The molecule has 0 heterocycles. The van der Waals surface area contributed by atoms with Crippen molar-refractivity contribution in [2.24, 2.45) is 5.73 Å². The minimum Gasteiger partial charge on any atom is -0.493 e. The standard InChI is InChI=1S/C23H25FN2O6/c1-3-31-19-10-4-16(14-20(19)30-2)5-11-23(29)32-15-22(28)26(13-12-21(25)27)18-8-6-17(24)7-9-18/h4-11,14H,3,12-13,15H2,1-2H3,(H2,25,27)/b11-5+. The van der Waals surface area contributed by atoms with Crippen LogP contribution >= 0.6 is 0 Å². The molecule has 9 heteroatoms. The van der Waals surface area contributed by atoms with Gasteiger partial charge in [-0.2, -0.15) is 0 Å². The minimum atomic E-state index is -0.736. The molecule has 170 valence electrons. The van der Waals surface area contributed by atoms with Crippen LogP contribution < -0.4 is 20.1 Å². The molecular weight excluding hydrogens is 419 g/mol. The summed E-state index contributed by atoms with van der Waals surface area (Å²) in [5.74, 6) is -1.30. The minimum absolute atomic E-state index is 0.0286. The lowest BCUT2D eigenvalue weighted by molar-refractivity contribution is -0.143. The number of nitrogens with zero attached hydrogens (tertiary/aromatic N) is 1. The molecule has 0 spiro atoms. The molecule has 2 aromatic rings. The third-order valence-electron chi connectivity index (χ3n) is 4.26. The SMILES string of the molecule is CCOc1ccc(/C=C/C(=O)OCC(=O)N(CCC(N)=O)c2ccc(F)cc2)cc1OC. The number of rotatable bonds is 11. The van der Waals surface area contributed by atoms with E-state index in [1.54, 1.807) is 18.2 Å². The lowest BCUT2D eigenvalue weighted by Gasteiger charge is -2.22. The highest BCUT2D eigenvalue weighted by Crippen LogP contribution is 2.28. The molecule has 0 saturated heterocycles. The first-order valence-electron chi connectivity index (χ1n) is 9.84. The van der Waals surface area contributed by atoms with E-state index in [4.69, 9.17) is 19.9 Å². The molecule has 2 amide bonds. The molecule has 32 heavy (non-hydrogen) atoms. The number of carbonyl (C=O) groups is 3. The summed E-state index contributed by atoms with van der Waals surface area (Å²) in [6, 6.07) is 10.3. The van der Waals surface area contributed by atoms with Crippen molar-refractivity contribution in [2.45, 2.75) is 13.3 Å². The first-order chi connectivity index (χ1) is 15.3. The lowest BCUT2D eigenvalue weighted by Crippen LogP contribution is -2.37. The summed E-state index contributed by atoms with van der Waals surface area (Å²) in [6.07, 6.45) is 2.58. The molecule has 8 nitrogen and oxygen atoms in total. The third kappa shape index (κ3) is 7.42. The van der Waals surface area contributed by atoms with E-state index in [0.717, 1.165) is 0 Å². The summed E-state index contributed by atoms with van der Waals surface area (Å²) < 4.78 is 28.9. The fourth-order valence-corrected chi connectivity index (χ4v) is 2.73. The maximum absolute atomic E-state index is 13.2. The van der Waals surface area contributed by atoms with Gasteiger partial charge < -0.3 is 24.8 Å². The Morgan fingerprint density at radius 3 is 2.44 bits per heavy atom. The average molecular weight is 444 g/mol. The molecule has 0 atom stereocenters. The van der Waals surface area contributed by atoms with Gasteiger partial charge in [0.1, 0.15) is 5.82 Å². The van der Waals surface area contributed by atoms with Gasteiger partial charge in [0.2, 0.25) is 5.91 Å². The zero-order valence-electron chi connectivity index (χ0n) is 17.9. The van der Waals surface area contributed by atoms with Gasteiger partial charge in [-0.3, -0.25) is 9.59 Å². The van der Waals surface area contributed by atoms with Crippen LogP contribution in [-0.2, 0) is 19.1 Å². The lowest BCUT2D eigenvalue weighted by atomic mass is 10.2. The second-order valence-corrected chi connectivity index (χ2v) is 6.52. The Labute approximate surface area is 185 Å². The summed E-state index contributed by atoms with van der Waals surface area (Å²) >= 11 is 0. The molecular formula is C23H25FN2O6. The van der Waals surface area contributed by atoms with Gasteiger partial charge >= 0.3 is 5.97 Å². The summed E-state index contributed by atoms with van der Waals surface area (Å²) in [6.45, 7) is 1.75. The molecule has 0 saturated carbocycles. The molecule has 0 radical (unpaired) electrons. The maximum Gasteiger partial charge on any atom is 0.331 e. The van der Waals surface area contributed by atoms with Crippen molar-refractivity contribution in [3.8, 4) is 11.5 Å². The van der Waals surface area contributed by atoms with Crippen molar-refractivity contribution in [3.63, 3.8) is 0 Å². The van der Waals surface area contributed by atoms with E-state index in [1.165, 1.54) is 48.4 Å². The van der Waals surface area contributed by atoms with E-state index in [-0.39, 0.29) is 13.0 Å². The van der Waals surface area contributed by atoms with Crippen LogP contribution in [0.15, 0.2) is 48.5 Å². The molecule has 0 aliphatic carbocycles. The Kier molecular flexibility index (Phi) is 9.22. The summed E-state index contributed by atoms with van der Waals surface area (Å²) in [5, 5.41) is 0. The van der Waals surface area contributed by atoms with Gasteiger partial charge in [-0.1, -0.05) is 6.07 Å². The molecule has 0 aromatic heterocycles. The normalized spacial score (nSPS) is 10.6. The number of primary amides is 1. The van der Waals surface area contributed by atoms with E-state index in [9.17, 15) is 18.8 Å². The van der Waals surface area contributed by atoms with Crippen LogP contribution in [0.25, 0.3) is 6.08 Å². The van der Waals surface area contributed by atoms with Gasteiger partial charge in [0.15, 0.2) is 18.1 Å². The monoisotopic (exact) mass is 444 g/mol. The predicted octanol–water partition coefficient (Wildman–Crippen LogP) is 2.70. The topological polar surface area (TPSA) is 108 Å². The number of methoxy groups -OCH3 is 1. The number of ether oxygens (including phenoxy) is 3. The summed E-state index contributed by atoms with van der Waals surface area (Å²) in [7, 11) is 1.51. The number of hydrogen-bond donors (Lipinski definition) is 1. The number of benzene rings is 2. The largest absolute Gasteiger partial charge is 0.493 e. The Bertz CT molecular complexity index is 975. The number of nitrogens with two attached hydrogens (primary N) is 1. The highest BCUT2D eigenvalue weighted by Gasteiger charge is 2.18. The number of hydrogen-bond acceptors (Lipinski definition) is 6. The Balaban J connectivity index is 2.00. The van der Waals surface area contributed by atoms with Gasteiger partial charge in [0.25, 0.3) is 5.91 Å². The highest BCUT2D eigenvalue weighted by molar-refractivity contribution is 5.97. The van der Waals surface area contributed by atoms with Gasteiger partial charge in [0, 0.05) is 24.7 Å². The van der Waals surface area contributed by atoms with Crippen molar-refractivity contribution in [3.05, 3.63) is 59.9 Å². The Morgan fingerprint density at radius 1 is 1.09 bits per heavy atom. The third-order valence-corrected chi connectivity index (χ3v) is 4.26. The molecule has 0 fully saturated rings. The van der Waals surface area contributed by atoms with Crippen LogP contribution in [0.1, 0.15) is 18.9 Å². The molecule has 2 rings (SSSR count). The Hall–Kier alpha value is -3.88. The van der Waals surface area contributed by atoms with E-state index < -0.39 is 30.2 Å². The first-order valence-corrected chi connectivity index (χ1v) is 9.84. The van der Waals surface area contributed by atoms with Gasteiger partial charge in [-0.05, 0) is 55.0 Å². The average Bonchev–Trinajstić information content (AvgIpc) is 2.78. The highest BCUT2D eigenvalue weighted by atomic mass is 19.1. The van der Waals surface area contributed by atoms with Crippen LogP contribution in [-0.4, -0.2) is 44.7 Å². The molecule has 2 N–H and O–H groups in total. The molecule has 0 bridgehead atoms. The smallest absolute Gasteiger partial charge is 0.331 e. The number of amides is 2. The fourth-order valence-electron chi connectivity index (χ4n) is 2.73. The molecule has 0 aliphatic rings. The van der Waals surface area contributed by atoms with Gasteiger partial charge in [0.05, 0.1) is 13.7 Å². The van der Waals surface area contributed by atoms with E-state index in [2.05, 4.69) is 0 Å². The fraction of sp³-hybridized carbons (Fsp3) is 0.261. The van der Waals surface area contributed by atoms with Crippen molar-refractivity contribution >= 4 is 29.5 Å². The maximum atomic E-state index is 13.2. The number of carbonyl (C=O) groups excluding carboxylic acids is 3. The second kappa shape index (κ2) is 12.1. The molecule has 0 aliphatic heterocycles. The zero-order valence-corrected chi connectivity index (χ0v) is 17.9. The molecule has 0 unspecified atom stereocenters. The van der Waals surface area contributed by atoms with E-state index >= 15 is 0 Å². The van der Waals surface area contributed by atoms with Crippen LogP contribution in [0.4, 0.5) is 10.1 Å². The van der Waals surface area contributed by atoms with E-state index in [0.29, 0.717) is 29.4 Å². The van der Waals surface area contributed by atoms with Crippen LogP contribution in [0.2, 0.25) is 0 Å². The van der Waals surface area contributed by atoms with Crippen LogP contribution in [0, 0.1) is 5.82 Å². The van der Waals surface area contributed by atoms with E-state index in [1.807, 2.05) is 6.92 Å². The first kappa shape index (κ1) is 24.4. The summed E-state index contributed by atoms with van der Waals surface area (Å²) in [4.78, 5) is 36.9. The Morgan fingerprint density at radius 2 is 1.81 bits per heavy atom. The van der Waals surface area contributed by atoms with Crippen molar-refractivity contribution in [1.82, 2.24) is 0 Å². The number of anilines is 1. The predicted molar refractivity (Wildman–Crippen MR) is 117 cm³/mol. The van der Waals surface area contributed by atoms with Crippen molar-refractivity contribution < 1.29 is 33.0 Å². The molecule has 2 aromatic carbocycles. The zero-order chi connectivity index (χ0) is 23.5. The van der Waals surface area contributed by atoms with Crippen LogP contribution in [0.5, 0.6) is 11.5 Å². The summed E-state index contributed by atoms with van der Waals surface area (Å²) in [5.41, 5.74) is 6.18. The second-order valence-electron chi connectivity index (χ2n) is 6.52. The van der Waals surface area contributed by atoms with Crippen LogP contribution in [0.3, 0.4) is 0 Å². The quantitative estimate of drug-likeness (QED) is 0.422. The van der Waals surface area contributed by atoms with Gasteiger partial charge in [-0.15, -0.1) is 0 Å².